The summed E-state index contributed by atoms with van der Waals surface area (Å²) in [6, 6.07) is 25.8. The molecule has 150 valence electrons. The minimum atomic E-state index is -0.328. The molecule has 0 saturated heterocycles. The van der Waals surface area contributed by atoms with Crippen molar-refractivity contribution >= 4 is 29.2 Å². The van der Waals surface area contributed by atoms with Crippen LogP contribution >= 0.6 is 11.6 Å². The van der Waals surface area contributed by atoms with E-state index in [0.29, 0.717) is 29.4 Å². The van der Waals surface area contributed by atoms with Crippen LogP contribution in [-0.2, 0) is 4.79 Å². The van der Waals surface area contributed by atoms with Crippen LogP contribution in [0.2, 0.25) is 5.02 Å². The third-order valence-corrected chi connectivity index (χ3v) is 4.47. The SMILES string of the molecule is N#C/C(=C/c1cccc(OC(=O)CCCOc2ccccc2)c1)c1ccc(Cl)cc1. The van der Waals surface area contributed by atoms with Gasteiger partial charge in [-0.3, -0.25) is 4.79 Å². The molecule has 30 heavy (non-hydrogen) atoms. The minimum absolute atomic E-state index is 0.251. The quantitative estimate of drug-likeness (QED) is 0.144. The van der Waals surface area contributed by atoms with E-state index in [1.807, 2.05) is 36.4 Å². The highest BCUT2D eigenvalue weighted by Crippen LogP contribution is 2.22. The molecule has 0 heterocycles. The molecular weight excluding hydrogens is 398 g/mol. The monoisotopic (exact) mass is 417 g/mol. The first kappa shape index (κ1) is 21.2. The Morgan fingerprint density at radius 2 is 1.70 bits per heavy atom. The number of carbonyl (C=O) groups excluding carboxylic acids is 1. The molecule has 4 nitrogen and oxygen atoms in total. The van der Waals surface area contributed by atoms with E-state index in [9.17, 15) is 10.1 Å². The molecule has 0 aliphatic carbocycles. The maximum absolute atomic E-state index is 12.1. The van der Waals surface area contributed by atoms with Crippen molar-refractivity contribution < 1.29 is 14.3 Å². The second kappa shape index (κ2) is 10.8. The van der Waals surface area contributed by atoms with Crippen molar-refractivity contribution in [2.24, 2.45) is 0 Å². The fourth-order valence-electron chi connectivity index (χ4n) is 2.75. The number of ether oxygens (including phenoxy) is 2. The Balaban J connectivity index is 1.56. The molecule has 3 aromatic rings. The average Bonchev–Trinajstić information content (AvgIpc) is 2.77. The first-order chi connectivity index (χ1) is 14.6. The van der Waals surface area contributed by atoms with Gasteiger partial charge < -0.3 is 9.47 Å². The standard InChI is InChI=1S/C25H20ClNO3/c26-22-13-11-20(12-14-22)21(18-27)16-19-6-4-9-24(17-19)30-25(28)10-5-15-29-23-7-2-1-3-8-23/h1-4,6-9,11-14,16-17H,5,10,15H2/b21-16-. The van der Waals surface area contributed by atoms with E-state index in [-0.39, 0.29) is 12.4 Å². The second-order valence-electron chi connectivity index (χ2n) is 6.49. The molecule has 0 aromatic heterocycles. The van der Waals surface area contributed by atoms with Crippen molar-refractivity contribution in [2.45, 2.75) is 12.8 Å². The Hall–Kier alpha value is -3.55. The fourth-order valence-corrected chi connectivity index (χ4v) is 2.88. The highest BCUT2D eigenvalue weighted by molar-refractivity contribution is 6.30. The molecule has 0 fully saturated rings. The van der Waals surface area contributed by atoms with Gasteiger partial charge in [0.15, 0.2) is 0 Å². The van der Waals surface area contributed by atoms with Gasteiger partial charge in [-0.05, 0) is 60.0 Å². The van der Waals surface area contributed by atoms with Crippen LogP contribution in [0.3, 0.4) is 0 Å². The summed E-state index contributed by atoms with van der Waals surface area (Å²) in [5.41, 5.74) is 2.02. The maximum Gasteiger partial charge on any atom is 0.311 e. The molecule has 0 N–H and O–H groups in total. The van der Waals surface area contributed by atoms with Crippen LogP contribution in [0.4, 0.5) is 0 Å². The molecule has 0 spiro atoms. The summed E-state index contributed by atoms with van der Waals surface area (Å²) in [5, 5.41) is 10.1. The first-order valence-electron chi connectivity index (χ1n) is 9.50. The molecule has 5 heteroatoms. The van der Waals surface area contributed by atoms with Gasteiger partial charge in [-0.25, -0.2) is 0 Å². The third kappa shape index (κ3) is 6.51. The van der Waals surface area contributed by atoms with Crippen molar-refractivity contribution in [2.75, 3.05) is 6.61 Å². The van der Waals surface area contributed by atoms with Crippen LogP contribution in [0, 0.1) is 11.3 Å². The van der Waals surface area contributed by atoms with Gasteiger partial charge in [-0.15, -0.1) is 0 Å². The zero-order valence-corrected chi connectivity index (χ0v) is 17.0. The van der Waals surface area contributed by atoms with Crippen LogP contribution in [0.1, 0.15) is 24.0 Å². The van der Waals surface area contributed by atoms with Crippen molar-refractivity contribution in [3.63, 3.8) is 0 Å². The number of carbonyl (C=O) groups is 1. The Bertz CT molecular complexity index is 1050. The lowest BCUT2D eigenvalue weighted by atomic mass is 10.0. The largest absolute Gasteiger partial charge is 0.494 e. The van der Waals surface area contributed by atoms with E-state index >= 15 is 0 Å². The van der Waals surface area contributed by atoms with E-state index in [1.54, 1.807) is 48.5 Å². The summed E-state index contributed by atoms with van der Waals surface area (Å²) >= 11 is 5.91. The van der Waals surface area contributed by atoms with Crippen LogP contribution in [0.5, 0.6) is 11.5 Å². The smallest absolute Gasteiger partial charge is 0.311 e. The molecule has 0 bridgehead atoms. The Kier molecular flexibility index (Phi) is 7.65. The fraction of sp³-hybridized carbons (Fsp3) is 0.120. The molecule has 0 aliphatic rings. The normalized spacial score (nSPS) is 10.9. The number of allylic oxidation sites excluding steroid dienone is 1. The van der Waals surface area contributed by atoms with Gasteiger partial charge in [0.2, 0.25) is 0 Å². The number of hydrogen-bond acceptors (Lipinski definition) is 4. The second-order valence-corrected chi connectivity index (χ2v) is 6.92. The van der Waals surface area contributed by atoms with E-state index in [1.165, 1.54) is 0 Å². The molecule has 0 aliphatic heterocycles. The average molecular weight is 418 g/mol. The van der Waals surface area contributed by atoms with Crippen molar-refractivity contribution in [3.05, 3.63) is 95.0 Å². The van der Waals surface area contributed by atoms with E-state index in [4.69, 9.17) is 21.1 Å². The molecule has 0 amide bonds. The van der Waals surface area contributed by atoms with Gasteiger partial charge in [0, 0.05) is 11.4 Å². The summed E-state index contributed by atoms with van der Waals surface area (Å²) in [7, 11) is 0. The number of esters is 1. The third-order valence-electron chi connectivity index (χ3n) is 4.21. The van der Waals surface area contributed by atoms with Crippen LogP contribution < -0.4 is 9.47 Å². The maximum atomic E-state index is 12.1. The van der Waals surface area contributed by atoms with Crippen molar-refractivity contribution in [1.29, 1.82) is 5.26 Å². The molecule has 0 saturated carbocycles. The van der Waals surface area contributed by atoms with Crippen LogP contribution in [0.25, 0.3) is 11.6 Å². The number of benzene rings is 3. The molecule has 0 radical (unpaired) electrons. The number of halogens is 1. The van der Waals surface area contributed by atoms with Gasteiger partial charge in [-0.1, -0.05) is 54.1 Å². The summed E-state index contributed by atoms with van der Waals surface area (Å²) in [6.07, 6.45) is 2.55. The summed E-state index contributed by atoms with van der Waals surface area (Å²) in [5.74, 6) is 0.886. The van der Waals surface area contributed by atoms with Gasteiger partial charge in [0.1, 0.15) is 11.5 Å². The van der Waals surface area contributed by atoms with Crippen molar-refractivity contribution in [3.8, 4) is 17.6 Å². The van der Waals surface area contributed by atoms with E-state index in [2.05, 4.69) is 6.07 Å². The zero-order chi connectivity index (χ0) is 21.2. The van der Waals surface area contributed by atoms with Crippen LogP contribution in [0.15, 0.2) is 78.9 Å². The number of rotatable bonds is 8. The zero-order valence-electron chi connectivity index (χ0n) is 16.3. The molecule has 3 aromatic carbocycles. The number of nitrogens with zero attached hydrogens (tertiary/aromatic N) is 1. The van der Waals surface area contributed by atoms with Crippen LogP contribution in [-0.4, -0.2) is 12.6 Å². The lowest BCUT2D eigenvalue weighted by Gasteiger charge is -2.07. The highest BCUT2D eigenvalue weighted by Gasteiger charge is 2.07. The van der Waals surface area contributed by atoms with E-state index < -0.39 is 0 Å². The Morgan fingerprint density at radius 3 is 2.43 bits per heavy atom. The lowest BCUT2D eigenvalue weighted by molar-refractivity contribution is -0.134. The molecule has 0 unspecified atom stereocenters. The van der Waals surface area contributed by atoms with Gasteiger partial charge in [-0.2, -0.15) is 5.26 Å². The van der Waals surface area contributed by atoms with Gasteiger partial charge in [0.25, 0.3) is 0 Å². The predicted molar refractivity (Wildman–Crippen MR) is 118 cm³/mol. The first-order valence-corrected chi connectivity index (χ1v) is 9.88. The van der Waals surface area contributed by atoms with Crippen molar-refractivity contribution in [1.82, 2.24) is 0 Å². The summed E-state index contributed by atoms with van der Waals surface area (Å²) in [4.78, 5) is 12.1. The predicted octanol–water partition coefficient (Wildman–Crippen LogP) is 6.17. The number of hydrogen-bond donors (Lipinski definition) is 0. The van der Waals surface area contributed by atoms with Gasteiger partial charge in [0.05, 0.1) is 18.2 Å². The number of para-hydroxylation sites is 1. The molecular formula is C25H20ClNO3. The Labute approximate surface area is 180 Å². The molecule has 3 rings (SSSR count). The minimum Gasteiger partial charge on any atom is -0.494 e. The summed E-state index contributed by atoms with van der Waals surface area (Å²) in [6.45, 7) is 0.439. The lowest BCUT2D eigenvalue weighted by Crippen LogP contribution is -2.10. The summed E-state index contributed by atoms with van der Waals surface area (Å²) < 4.78 is 11.0. The topological polar surface area (TPSA) is 59.3 Å². The Morgan fingerprint density at radius 1 is 0.967 bits per heavy atom. The highest BCUT2D eigenvalue weighted by atomic mass is 35.5. The van der Waals surface area contributed by atoms with E-state index in [0.717, 1.165) is 16.9 Å². The van der Waals surface area contributed by atoms with Gasteiger partial charge >= 0.3 is 5.97 Å². The molecule has 0 atom stereocenters. The number of nitriles is 1.